The van der Waals surface area contributed by atoms with Gasteiger partial charge < -0.3 is 10.6 Å². The molecule has 3 unspecified atom stereocenters. The molecule has 3 atom stereocenters. The first kappa shape index (κ1) is 16.2. The van der Waals surface area contributed by atoms with Gasteiger partial charge in [0, 0.05) is 10.9 Å². The Morgan fingerprint density at radius 2 is 2.00 bits per heavy atom. The molecule has 2 fully saturated rings. The molecule has 0 spiro atoms. The summed E-state index contributed by atoms with van der Waals surface area (Å²) in [6.45, 7) is 0. The van der Waals surface area contributed by atoms with Gasteiger partial charge in [0.1, 0.15) is 0 Å². The first-order valence-electron chi connectivity index (χ1n) is 8.35. The van der Waals surface area contributed by atoms with E-state index in [4.69, 9.17) is 0 Å². The Labute approximate surface area is 141 Å². The number of rotatable bonds is 2. The Bertz CT molecular complexity index is 510. The standard InChI is InChI=1S/C16H23N3OS.ClH/c20-15(13-9-10-5-1-2-6-11(10)17-13)19-16-18-12-7-3-4-8-14(12)21-16;/h10-11,13,17H,1-9H2,(H,18,19,20);1H. The second-order valence-corrected chi connectivity index (χ2v) is 7.77. The molecular weight excluding hydrogens is 318 g/mol. The number of carbonyl (C=O) groups excluding carboxylic acids is 1. The second kappa shape index (κ2) is 6.85. The summed E-state index contributed by atoms with van der Waals surface area (Å²) in [6, 6.07) is 0.554. The molecule has 0 bridgehead atoms. The van der Waals surface area contributed by atoms with Crippen LogP contribution in [0.3, 0.4) is 0 Å². The molecular formula is C16H24ClN3OS. The van der Waals surface area contributed by atoms with E-state index in [-0.39, 0.29) is 24.4 Å². The summed E-state index contributed by atoms with van der Waals surface area (Å²) in [7, 11) is 0. The van der Waals surface area contributed by atoms with E-state index in [1.54, 1.807) is 11.3 Å². The van der Waals surface area contributed by atoms with Crippen LogP contribution < -0.4 is 10.6 Å². The van der Waals surface area contributed by atoms with Crippen LogP contribution >= 0.6 is 23.7 Å². The molecule has 122 valence electrons. The van der Waals surface area contributed by atoms with Crippen LogP contribution in [-0.2, 0) is 17.6 Å². The Balaban J connectivity index is 0.00000144. The minimum Gasteiger partial charge on any atom is -0.303 e. The first-order valence-corrected chi connectivity index (χ1v) is 9.17. The summed E-state index contributed by atoms with van der Waals surface area (Å²) in [4.78, 5) is 18.5. The Kier molecular flexibility index (Phi) is 5.05. The zero-order valence-electron chi connectivity index (χ0n) is 12.8. The Morgan fingerprint density at radius 1 is 1.18 bits per heavy atom. The molecule has 4 nitrogen and oxygen atoms in total. The van der Waals surface area contributed by atoms with E-state index in [2.05, 4.69) is 15.6 Å². The number of aryl methyl sites for hydroxylation is 2. The first-order chi connectivity index (χ1) is 10.3. The van der Waals surface area contributed by atoms with E-state index in [9.17, 15) is 4.79 Å². The van der Waals surface area contributed by atoms with Crippen molar-refractivity contribution < 1.29 is 4.79 Å². The minimum absolute atomic E-state index is 0. The zero-order valence-corrected chi connectivity index (χ0v) is 14.4. The van der Waals surface area contributed by atoms with Crippen LogP contribution in [0.1, 0.15) is 55.5 Å². The number of nitrogens with zero attached hydrogens (tertiary/aromatic N) is 1. The topological polar surface area (TPSA) is 54.0 Å². The van der Waals surface area contributed by atoms with E-state index >= 15 is 0 Å². The molecule has 1 aliphatic heterocycles. The second-order valence-electron chi connectivity index (χ2n) is 6.69. The average Bonchev–Trinajstić information content (AvgIpc) is 3.10. The highest BCUT2D eigenvalue weighted by Gasteiger charge is 2.38. The number of carbonyl (C=O) groups is 1. The number of nitrogens with one attached hydrogen (secondary N) is 2. The number of hydrogen-bond acceptors (Lipinski definition) is 4. The molecule has 1 saturated heterocycles. The van der Waals surface area contributed by atoms with Crippen LogP contribution in [0, 0.1) is 5.92 Å². The van der Waals surface area contributed by atoms with Crippen molar-refractivity contribution in [3.63, 3.8) is 0 Å². The lowest BCUT2D eigenvalue weighted by molar-refractivity contribution is -0.117. The Hall–Kier alpha value is -0.650. The number of hydrogen-bond donors (Lipinski definition) is 2. The summed E-state index contributed by atoms with van der Waals surface area (Å²) in [5, 5.41) is 7.41. The fourth-order valence-electron chi connectivity index (χ4n) is 4.12. The Morgan fingerprint density at radius 3 is 2.82 bits per heavy atom. The third kappa shape index (κ3) is 3.17. The van der Waals surface area contributed by atoms with Gasteiger partial charge in [-0.15, -0.1) is 23.7 Å². The van der Waals surface area contributed by atoms with Crippen LogP contribution in [0.15, 0.2) is 0 Å². The van der Waals surface area contributed by atoms with E-state index in [1.165, 1.54) is 49.1 Å². The minimum atomic E-state index is -0.0148. The molecule has 0 aromatic carbocycles. The summed E-state index contributed by atoms with van der Waals surface area (Å²) in [5.74, 6) is 0.828. The van der Waals surface area contributed by atoms with Crippen molar-refractivity contribution in [2.24, 2.45) is 5.92 Å². The molecule has 4 rings (SSSR count). The maximum atomic E-state index is 12.5. The molecule has 2 N–H and O–H groups in total. The normalized spacial score (nSPS) is 30.1. The molecule has 2 aliphatic carbocycles. The monoisotopic (exact) mass is 341 g/mol. The summed E-state index contributed by atoms with van der Waals surface area (Å²) in [5.41, 5.74) is 1.22. The van der Waals surface area contributed by atoms with Crippen molar-refractivity contribution in [3.8, 4) is 0 Å². The van der Waals surface area contributed by atoms with Gasteiger partial charge in [-0.3, -0.25) is 4.79 Å². The van der Waals surface area contributed by atoms with Crippen molar-refractivity contribution in [1.82, 2.24) is 10.3 Å². The summed E-state index contributed by atoms with van der Waals surface area (Å²) < 4.78 is 0. The molecule has 2 heterocycles. The van der Waals surface area contributed by atoms with Crippen molar-refractivity contribution in [3.05, 3.63) is 10.6 Å². The van der Waals surface area contributed by atoms with Crippen molar-refractivity contribution in [2.45, 2.75) is 69.9 Å². The van der Waals surface area contributed by atoms with Crippen LogP contribution in [0.5, 0.6) is 0 Å². The maximum Gasteiger partial charge on any atom is 0.243 e. The van der Waals surface area contributed by atoms with Crippen molar-refractivity contribution in [1.29, 1.82) is 0 Å². The van der Waals surface area contributed by atoms with Crippen LogP contribution in [0.25, 0.3) is 0 Å². The number of aromatic nitrogens is 1. The van der Waals surface area contributed by atoms with Crippen LogP contribution in [-0.4, -0.2) is 23.0 Å². The SMILES string of the molecule is Cl.O=C(Nc1nc2c(s1)CCCC2)C1CC2CCCCC2N1. The zero-order chi connectivity index (χ0) is 14.2. The van der Waals surface area contributed by atoms with Gasteiger partial charge in [-0.05, 0) is 50.9 Å². The number of thiazole rings is 1. The van der Waals surface area contributed by atoms with Gasteiger partial charge in [0.05, 0.1) is 11.7 Å². The third-order valence-corrected chi connectivity index (χ3v) is 6.33. The quantitative estimate of drug-likeness (QED) is 0.867. The molecule has 1 aromatic heterocycles. The highest BCUT2D eigenvalue weighted by molar-refractivity contribution is 7.15. The third-order valence-electron chi connectivity index (χ3n) is 5.26. The van der Waals surface area contributed by atoms with Gasteiger partial charge in [0.25, 0.3) is 0 Å². The molecule has 22 heavy (non-hydrogen) atoms. The van der Waals surface area contributed by atoms with E-state index in [1.807, 2.05) is 0 Å². The molecule has 1 aromatic rings. The van der Waals surface area contributed by atoms with E-state index < -0.39 is 0 Å². The predicted octanol–water partition coefficient (Wildman–Crippen LogP) is 3.30. The fraction of sp³-hybridized carbons (Fsp3) is 0.750. The summed E-state index contributed by atoms with van der Waals surface area (Å²) >= 11 is 1.68. The number of anilines is 1. The summed E-state index contributed by atoms with van der Waals surface area (Å²) in [6.07, 6.45) is 10.9. The molecule has 1 saturated carbocycles. The largest absolute Gasteiger partial charge is 0.303 e. The lowest BCUT2D eigenvalue weighted by Crippen LogP contribution is -2.39. The van der Waals surface area contributed by atoms with Gasteiger partial charge in [-0.2, -0.15) is 0 Å². The van der Waals surface area contributed by atoms with Crippen molar-refractivity contribution in [2.75, 3.05) is 5.32 Å². The van der Waals surface area contributed by atoms with Crippen LogP contribution in [0.4, 0.5) is 5.13 Å². The molecule has 3 aliphatic rings. The number of fused-ring (bicyclic) bond motifs is 2. The van der Waals surface area contributed by atoms with Crippen molar-refractivity contribution >= 4 is 34.8 Å². The highest BCUT2D eigenvalue weighted by Crippen LogP contribution is 2.34. The van der Waals surface area contributed by atoms with E-state index in [0.29, 0.717) is 12.0 Å². The lowest BCUT2D eigenvalue weighted by atomic mass is 9.85. The average molecular weight is 342 g/mol. The van der Waals surface area contributed by atoms with Gasteiger partial charge in [-0.1, -0.05) is 12.8 Å². The number of amides is 1. The van der Waals surface area contributed by atoms with Gasteiger partial charge in [0.15, 0.2) is 5.13 Å². The van der Waals surface area contributed by atoms with Gasteiger partial charge in [0.2, 0.25) is 5.91 Å². The van der Waals surface area contributed by atoms with Gasteiger partial charge >= 0.3 is 0 Å². The van der Waals surface area contributed by atoms with Gasteiger partial charge in [-0.25, -0.2) is 4.98 Å². The fourth-order valence-corrected chi connectivity index (χ4v) is 5.17. The smallest absolute Gasteiger partial charge is 0.243 e. The molecule has 1 amide bonds. The highest BCUT2D eigenvalue weighted by atomic mass is 35.5. The van der Waals surface area contributed by atoms with E-state index in [0.717, 1.165) is 24.4 Å². The lowest BCUT2D eigenvalue weighted by Gasteiger charge is -2.24. The predicted molar refractivity (Wildman–Crippen MR) is 91.9 cm³/mol. The maximum absolute atomic E-state index is 12.5. The van der Waals surface area contributed by atoms with Crippen LogP contribution in [0.2, 0.25) is 0 Å². The number of halogens is 1. The molecule has 6 heteroatoms. The molecule has 0 radical (unpaired) electrons.